The van der Waals surface area contributed by atoms with Crippen LogP contribution < -0.4 is 5.73 Å². The van der Waals surface area contributed by atoms with E-state index < -0.39 is 10.0 Å². The Morgan fingerprint density at radius 3 is 2.52 bits per heavy atom. The van der Waals surface area contributed by atoms with Crippen LogP contribution in [0.25, 0.3) is 0 Å². The molecule has 0 radical (unpaired) electrons. The molecule has 1 aromatic rings. The van der Waals surface area contributed by atoms with Crippen LogP contribution in [0.5, 0.6) is 0 Å². The maximum atomic E-state index is 12.9. The highest BCUT2D eigenvalue weighted by Gasteiger charge is 2.38. The second-order valence-electron chi connectivity index (χ2n) is 5.10. The molecule has 1 aliphatic rings. The highest BCUT2D eigenvalue weighted by Crippen LogP contribution is 2.36. The van der Waals surface area contributed by atoms with Crippen LogP contribution in [-0.4, -0.2) is 30.3 Å². The van der Waals surface area contributed by atoms with Gasteiger partial charge >= 0.3 is 0 Å². The lowest BCUT2D eigenvalue weighted by Crippen LogP contribution is -2.35. The lowest BCUT2D eigenvalue weighted by Gasteiger charge is -2.22. The van der Waals surface area contributed by atoms with Crippen LogP contribution in [0.2, 0.25) is 0 Å². The van der Waals surface area contributed by atoms with Gasteiger partial charge in [0.1, 0.15) is 0 Å². The summed E-state index contributed by atoms with van der Waals surface area (Å²) < 4.78 is 28.7. The van der Waals surface area contributed by atoms with Crippen molar-refractivity contribution < 1.29 is 8.42 Å². The zero-order chi connectivity index (χ0) is 15.8. The highest BCUT2D eigenvalue weighted by molar-refractivity contribution is 9.11. The Hall–Kier alpha value is -0.0200. The number of benzene rings is 1. The first kappa shape index (κ1) is 17.3. The van der Waals surface area contributed by atoms with E-state index in [1.165, 1.54) is 4.31 Å². The van der Waals surface area contributed by atoms with Gasteiger partial charge in [-0.25, -0.2) is 8.42 Å². The Labute approximate surface area is 147 Å². The molecule has 0 aliphatic heterocycles. The summed E-state index contributed by atoms with van der Waals surface area (Å²) in [6.07, 6.45) is 2.18. The van der Waals surface area contributed by atoms with Crippen molar-refractivity contribution in [2.24, 2.45) is 5.73 Å². The summed E-state index contributed by atoms with van der Waals surface area (Å²) in [5.74, 6) is 0. The van der Waals surface area contributed by atoms with Gasteiger partial charge in [-0.3, -0.25) is 0 Å². The van der Waals surface area contributed by atoms with Crippen molar-refractivity contribution in [3.63, 3.8) is 0 Å². The van der Waals surface area contributed by atoms with E-state index in [9.17, 15) is 8.42 Å². The van der Waals surface area contributed by atoms with E-state index in [1.54, 1.807) is 12.1 Å². The Morgan fingerprint density at radius 2 is 2.00 bits per heavy atom. The number of sulfonamides is 1. The van der Waals surface area contributed by atoms with Crippen molar-refractivity contribution >= 4 is 59.1 Å². The van der Waals surface area contributed by atoms with Crippen molar-refractivity contribution in [2.45, 2.75) is 37.1 Å². The zero-order valence-corrected chi connectivity index (χ0v) is 16.3. The smallest absolute Gasteiger partial charge is 0.244 e. The molecule has 0 heterocycles. The van der Waals surface area contributed by atoms with E-state index >= 15 is 0 Å². The highest BCUT2D eigenvalue weighted by atomic mass is 79.9. The van der Waals surface area contributed by atoms with Crippen LogP contribution in [0, 0.1) is 6.92 Å². The molecule has 0 bridgehead atoms. The fraction of sp³-hybridized carbons (Fsp3) is 0.462. The molecule has 21 heavy (non-hydrogen) atoms. The van der Waals surface area contributed by atoms with Gasteiger partial charge in [-0.05, 0) is 53.4 Å². The molecule has 2 rings (SSSR count). The number of halogens is 2. The largest absolute Gasteiger partial charge is 0.393 e. The fourth-order valence-corrected chi connectivity index (χ4v) is 5.45. The molecule has 0 spiro atoms. The molecular weight excluding hydrogens is 440 g/mol. The zero-order valence-electron chi connectivity index (χ0n) is 11.5. The van der Waals surface area contributed by atoms with E-state index in [0.717, 1.165) is 22.9 Å². The first-order valence-corrected chi connectivity index (χ1v) is 9.92. The Kier molecular flexibility index (Phi) is 5.46. The van der Waals surface area contributed by atoms with Gasteiger partial charge in [-0.2, -0.15) is 4.31 Å². The van der Waals surface area contributed by atoms with E-state index in [1.807, 2.05) is 6.92 Å². The van der Waals surface area contributed by atoms with Gasteiger partial charge in [0.15, 0.2) is 0 Å². The third kappa shape index (κ3) is 4.04. The lowest BCUT2D eigenvalue weighted by molar-refractivity contribution is 0.413. The third-order valence-electron chi connectivity index (χ3n) is 3.33. The van der Waals surface area contributed by atoms with Crippen LogP contribution >= 0.6 is 44.1 Å². The summed E-state index contributed by atoms with van der Waals surface area (Å²) in [5.41, 5.74) is 6.48. The second kappa shape index (κ2) is 6.62. The van der Waals surface area contributed by atoms with Gasteiger partial charge in [0.05, 0.1) is 9.88 Å². The number of nitrogens with zero attached hydrogens (tertiary/aromatic N) is 1. The second-order valence-corrected chi connectivity index (χ2v) is 9.19. The quantitative estimate of drug-likeness (QED) is 0.668. The van der Waals surface area contributed by atoms with Gasteiger partial charge in [0.2, 0.25) is 10.0 Å². The van der Waals surface area contributed by atoms with Gasteiger partial charge < -0.3 is 5.73 Å². The van der Waals surface area contributed by atoms with Crippen molar-refractivity contribution in [1.29, 1.82) is 0 Å². The number of hydrogen-bond donors (Lipinski definition) is 1. The number of hydrogen-bond acceptors (Lipinski definition) is 3. The molecule has 0 saturated heterocycles. The molecule has 1 saturated carbocycles. The molecule has 0 aromatic heterocycles. The van der Waals surface area contributed by atoms with Gasteiger partial charge in [-0.1, -0.05) is 28.1 Å². The van der Waals surface area contributed by atoms with Crippen molar-refractivity contribution in [2.75, 3.05) is 6.54 Å². The minimum absolute atomic E-state index is 0.0660. The van der Waals surface area contributed by atoms with Crippen molar-refractivity contribution in [3.8, 4) is 0 Å². The Morgan fingerprint density at radius 1 is 1.38 bits per heavy atom. The predicted molar refractivity (Wildman–Crippen MR) is 94.9 cm³/mol. The summed E-state index contributed by atoms with van der Waals surface area (Å²) in [5, 5.41) is 0. The summed E-state index contributed by atoms with van der Waals surface area (Å²) in [6, 6.07) is 3.51. The molecule has 4 nitrogen and oxygen atoms in total. The maximum absolute atomic E-state index is 12.9. The number of rotatable bonds is 6. The maximum Gasteiger partial charge on any atom is 0.244 e. The summed E-state index contributed by atoms with van der Waals surface area (Å²) in [6.45, 7) is 2.25. The third-order valence-corrected chi connectivity index (χ3v) is 7.30. The van der Waals surface area contributed by atoms with Crippen molar-refractivity contribution in [3.05, 3.63) is 26.6 Å². The molecule has 0 atom stereocenters. The molecule has 116 valence electrons. The van der Waals surface area contributed by atoms with Crippen LogP contribution in [0.1, 0.15) is 24.8 Å². The van der Waals surface area contributed by atoms with E-state index in [4.69, 9.17) is 18.0 Å². The van der Waals surface area contributed by atoms with Crippen LogP contribution in [-0.2, 0) is 10.0 Å². The van der Waals surface area contributed by atoms with E-state index in [-0.39, 0.29) is 10.9 Å². The number of aryl methyl sites for hydroxylation is 1. The first-order valence-electron chi connectivity index (χ1n) is 6.49. The standard InChI is InChI=1S/C13H16Br2N2O2S2/c1-8-6-11(15)12(7-10(8)14)21(18,19)17(9-2-3-9)5-4-13(16)20/h6-7,9H,2-5H2,1H3,(H2,16,20). The molecular formula is C13H16Br2N2O2S2. The molecule has 1 fully saturated rings. The molecule has 1 aromatic carbocycles. The monoisotopic (exact) mass is 454 g/mol. The first-order chi connectivity index (χ1) is 9.73. The SMILES string of the molecule is Cc1cc(Br)c(S(=O)(=O)N(CCC(N)=S)C2CC2)cc1Br. The predicted octanol–water partition coefficient (Wildman–Crippen LogP) is 3.35. The molecule has 0 unspecified atom stereocenters. The van der Waals surface area contributed by atoms with Gasteiger partial charge in [0.25, 0.3) is 0 Å². The van der Waals surface area contributed by atoms with Gasteiger partial charge in [-0.15, -0.1) is 0 Å². The van der Waals surface area contributed by atoms with Crippen LogP contribution in [0.3, 0.4) is 0 Å². The molecule has 2 N–H and O–H groups in total. The number of nitrogens with two attached hydrogens (primary N) is 1. The van der Waals surface area contributed by atoms with E-state index in [0.29, 0.717) is 22.4 Å². The summed E-state index contributed by atoms with van der Waals surface area (Å²) in [7, 11) is -3.56. The summed E-state index contributed by atoms with van der Waals surface area (Å²) in [4.78, 5) is 0.606. The molecule has 8 heteroatoms. The minimum Gasteiger partial charge on any atom is -0.393 e. The topological polar surface area (TPSA) is 63.4 Å². The minimum atomic E-state index is -3.56. The Bertz CT molecular complexity index is 673. The van der Waals surface area contributed by atoms with E-state index in [2.05, 4.69) is 31.9 Å². The fourth-order valence-electron chi connectivity index (χ4n) is 2.03. The van der Waals surface area contributed by atoms with Crippen LogP contribution in [0.15, 0.2) is 26.0 Å². The van der Waals surface area contributed by atoms with Crippen molar-refractivity contribution in [1.82, 2.24) is 4.31 Å². The average Bonchev–Trinajstić information content (AvgIpc) is 3.17. The average molecular weight is 456 g/mol. The Balaban J connectivity index is 2.38. The molecule has 1 aliphatic carbocycles. The molecule has 0 amide bonds. The lowest BCUT2D eigenvalue weighted by atomic mass is 10.2. The van der Waals surface area contributed by atoms with Crippen LogP contribution in [0.4, 0.5) is 0 Å². The normalized spacial score (nSPS) is 15.4. The van der Waals surface area contributed by atoms with Gasteiger partial charge in [0, 0.05) is 28.0 Å². The summed E-state index contributed by atoms with van der Waals surface area (Å²) >= 11 is 11.6. The number of thiocarbonyl (C=S) groups is 1.